The average molecular weight is 385 g/mol. The number of alkyl halides is 2. The number of benzene rings is 1. The maximum Gasteiger partial charge on any atom is 0.138 e. The summed E-state index contributed by atoms with van der Waals surface area (Å²) in [6.07, 6.45) is 2.39. The number of nitrogens with zero attached hydrogens (tertiary/aromatic N) is 2. The van der Waals surface area contributed by atoms with Crippen LogP contribution in [0, 0.1) is 5.92 Å². The summed E-state index contributed by atoms with van der Waals surface area (Å²) in [7, 11) is 0. The Balaban J connectivity index is 1.70. The molecule has 2 heterocycles. The SMILES string of the molecule is Clc1ccc(-c2csc3ncnc(NC[C@H]4CC4(Cl)Cl)c23)cc1. The van der Waals surface area contributed by atoms with Crippen LogP contribution in [0.25, 0.3) is 21.3 Å². The molecule has 1 N–H and O–H groups in total. The molecule has 0 amide bonds. The monoisotopic (exact) mass is 383 g/mol. The summed E-state index contributed by atoms with van der Waals surface area (Å²) in [4.78, 5) is 9.72. The van der Waals surface area contributed by atoms with E-state index in [1.807, 2.05) is 24.3 Å². The molecule has 1 fully saturated rings. The lowest BCUT2D eigenvalue weighted by molar-refractivity contribution is 0.870. The molecule has 118 valence electrons. The van der Waals surface area contributed by atoms with Crippen molar-refractivity contribution >= 4 is 62.2 Å². The molecule has 1 atom stereocenters. The van der Waals surface area contributed by atoms with Crippen LogP contribution in [0.15, 0.2) is 36.0 Å². The van der Waals surface area contributed by atoms with Crippen molar-refractivity contribution in [2.75, 3.05) is 11.9 Å². The Kier molecular flexibility index (Phi) is 3.88. The molecular weight excluding hydrogens is 373 g/mol. The lowest BCUT2D eigenvalue weighted by atomic mass is 10.1. The number of anilines is 1. The van der Waals surface area contributed by atoms with Crippen molar-refractivity contribution in [2.45, 2.75) is 10.8 Å². The summed E-state index contributed by atoms with van der Waals surface area (Å²) < 4.78 is -0.590. The minimum absolute atomic E-state index is 0.258. The van der Waals surface area contributed by atoms with Crippen LogP contribution in [0.2, 0.25) is 5.02 Å². The molecule has 0 spiro atoms. The molecule has 0 unspecified atom stereocenters. The van der Waals surface area contributed by atoms with Gasteiger partial charge in [-0.2, -0.15) is 0 Å². The van der Waals surface area contributed by atoms with Crippen molar-refractivity contribution in [3.8, 4) is 11.1 Å². The second-order valence-electron chi connectivity index (χ2n) is 5.60. The highest BCUT2D eigenvalue weighted by atomic mass is 35.5. The van der Waals surface area contributed by atoms with Gasteiger partial charge in [-0.05, 0) is 24.1 Å². The normalized spacial score (nSPS) is 19.0. The molecule has 0 aliphatic heterocycles. The molecule has 4 rings (SSSR count). The topological polar surface area (TPSA) is 37.8 Å². The van der Waals surface area contributed by atoms with Crippen LogP contribution in [0.1, 0.15) is 6.42 Å². The Morgan fingerprint density at radius 3 is 2.65 bits per heavy atom. The number of nitrogens with one attached hydrogen (secondary N) is 1. The lowest BCUT2D eigenvalue weighted by Crippen LogP contribution is -2.09. The fraction of sp³-hybridized carbons (Fsp3) is 0.250. The van der Waals surface area contributed by atoms with Gasteiger partial charge in [0, 0.05) is 28.4 Å². The zero-order valence-electron chi connectivity index (χ0n) is 11.9. The van der Waals surface area contributed by atoms with Crippen LogP contribution in [-0.2, 0) is 0 Å². The van der Waals surface area contributed by atoms with E-state index in [2.05, 4.69) is 20.7 Å². The maximum absolute atomic E-state index is 6.09. The third-order valence-corrected chi connectivity index (χ3v) is 6.06. The molecule has 1 aliphatic rings. The van der Waals surface area contributed by atoms with Crippen molar-refractivity contribution in [1.82, 2.24) is 9.97 Å². The quantitative estimate of drug-likeness (QED) is 0.593. The first-order valence-electron chi connectivity index (χ1n) is 7.14. The number of hydrogen-bond acceptors (Lipinski definition) is 4. The summed E-state index contributed by atoms with van der Waals surface area (Å²) in [5.41, 5.74) is 2.19. The highest BCUT2D eigenvalue weighted by molar-refractivity contribution is 7.17. The number of fused-ring (bicyclic) bond motifs is 1. The molecule has 1 aromatic carbocycles. The summed E-state index contributed by atoms with van der Waals surface area (Å²) in [6.45, 7) is 0.703. The summed E-state index contributed by atoms with van der Waals surface area (Å²) in [5.74, 6) is 1.07. The van der Waals surface area contributed by atoms with Gasteiger partial charge >= 0.3 is 0 Å². The van der Waals surface area contributed by atoms with Crippen molar-refractivity contribution in [3.05, 3.63) is 41.0 Å². The first kappa shape index (κ1) is 15.5. The third kappa shape index (κ3) is 3.01. The second-order valence-corrected chi connectivity index (χ2v) is 8.44. The van der Waals surface area contributed by atoms with Gasteiger partial charge in [-0.1, -0.05) is 23.7 Å². The maximum atomic E-state index is 6.09. The first-order valence-corrected chi connectivity index (χ1v) is 9.16. The van der Waals surface area contributed by atoms with Gasteiger partial charge in [-0.3, -0.25) is 0 Å². The minimum Gasteiger partial charge on any atom is -0.369 e. The van der Waals surface area contributed by atoms with E-state index >= 15 is 0 Å². The standard InChI is InChI=1S/C16H12Cl3N3S/c17-11-3-1-9(2-4-11)12-7-23-15-13(12)14(21-8-22-15)20-6-10-5-16(10,18)19/h1-4,7-8,10H,5-6H2,(H,20,21,22)/t10-/m1/s1. The van der Waals surface area contributed by atoms with E-state index in [1.54, 1.807) is 17.7 Å². The van der Waals surface area contributed by atoms with Crippen LogP contribution < -0.4 is 5.32 Å². The van der Waals surface area contributed by atoms with Gasteiger partial charge in [0.25, 0.3) is 0 Å². The number of halogens is 3. The fourth-order valence-corrected chi connectivity index (χ4v) is 4.13. The van der Waals surface area contributed by atoms with E-state index in [0.717, 1.165) is 38.6 Å². The Morgan fingerprint density at radius 2 is 1.96 bits per heavy atom. The number of aromatic nitrogens is 2. The van der Waals surface area contributed by atoms with Crippen molar-refractivity contribution in [3.63, 3.8) is 0 Å². The molecule has 0 bridgehead atoms. The Morgan fingerprint density at radius 1 is 1.22 bits per heavy atom. The molecule has 23 heavy (non-hydrogen) atoms. The van der Waals surface area contributed by atoms with Crippen LogP contribution in [0.5, 0.6) is 0 Å². The molecule has 0 radical (unpaired) electrons. The Labute approximate surface area is 152 Å². The highest BCUT2D eigenvalue weighted by Gasteiger charge is 2.51. The zero-order valence-corrected chi connectivity index (χ0v) is 15.0. The fourth-order valence-electron chi connectivity index (χ4n) is 2.56. The number of rotatable bonds is 4. The van der Waals surface area contributed by atoms with Gasteiger partial charge in [0.2, 0.25) is 0 Å². The Hall–Kier alpha value is -1.07. The lowest BCUT2D eigenvalue weighted by Gasteiger charge is -2.08. The van der Waals surface area contributed by atoms with E-state index in [9.17, 15) is 0 Å². The van der Waals surface area contributed by atoms with Gasteiger partial charge < -0.3 is 5.32 Å². The number of thiophene rings is 1. The molecule has 1 saturated carbocycles. The molecule has 0 saturated heterocycles. The first-order chi connectivity index (χ1) is 11.0. The minimum atomic E-state index is -0.590. The molecule has 7 heteroatoms. The predicted octanol–water partition coefficient (Wildman–Crippen LogP) is 5.62. The molecule has 3 nitrogen and oxygen atoms in total. The smallest absolute Gasteiger partial charge is 0.138 e. The van der Waals surface area contributed by atoms with E-state index in [4.69, 9.17) is 34.8 Å². The van der Waals surface area contributed by atoms with Crippen LogP contribution in [0.4, 0.5) is 5.82 Å². The van der Waals surface area contributed by atoms with Crippen molar-refractivity contribution in [2.24, 2.45) is 5.92 Å². The van der Waals surface area contributed by atoms with Crippen LogP contribution in [0.3, 0.4) is 0 Å². The zero-order chi connectivity index (χ0) is 16.0. The van der Waals surface area contributed by atoms with Crippen molar-refractivity contribution in [1.29, 1.82) is 0 Å². The van der Waals surface area contributed by atoms with E-state index in [0.29, 0.717) is 6.54 Å². The predicted molar refractivity (Wildman–Crippen MR) is 98.9 cm³/mol. The van der Waals surface area contributed by atoms with Crippen molar-refractivity contribution < 1.29 is 0 Å². The van der Waals surface area contributed by atoms with Gasteiger partial charge in [0.15, 0.2) is 0 Å². The largest absolute Gasteiger partial charge is 0.369 e. The summed E-state index contributed by atoms with van der Waals surface area (Å²) in [5, 5.41) is 7.21. The Bertz CT molecular complexity index is 861. The average Bonchev–Trinajstić information content (AvgIpc) is 2.95. The van der Waals surface area contributed by atoms with E-state index in [-0.39, 0.29) is 5.92 Å². The van der Waals surface area contributed by atoms with Gasteiger partial charge in [0.05, 0.1) is 5.39 Å². The molecule has 3 aromatic rings. The van der Waals surface area contributed by atoms with Crippen LogP contribution >= 0.6 is 46.1 Å². The molecule has 1 aliphatic carbocycles. The number of hydrogen-bond donors (Lipinski definition) is 1. The van der Waals surface area contributed by atoms with E-state index in [1.165, 1.54) is 0 Å². The van der Waals surface area contributed by atoms with E-state index < -0.39 is 4.33 Å². The highest BCUT2D eigenvalue weighted by Crippen LogP contribution is 2.53. The van der Waals surface area contributed by atoms with Gasteiger partial charge in [0.1, 0.15) is 21.3 Å². The van der Waals surface area contributed by atoms with Gasteiger partial charge in [-0.15, -0.1) is 34.5 Å². The summed E-state index contributed by atoms with van der Waals surface area (Å²) >= 11 is 19.8. The summed E-state index contributed by atoms with van der Waals surface area (Å²) in [6, 6.07) is 7.78. The van der Waals surface area contributed by atoms with Gasteiger partial charge in [-0.25, -0.2) is 9.97 Å². The van der Waals surface area contributed by atoms with Crippen LogP contribution in [-0.4, -0.2) is 20.8 Å². The third-order valence-electron chi connectivity index (χ3n) is 4.00. The molecular formula is C16H12Cl3N3S. The second kappa shape index (κ2) is 5.78. The molecule has 2 aromatic heterocycles.